The molecule has 0 saturated carbocycles. The van der Waals surface area contributed by atoms with Gasteiger partial charge in [0.25, 0.3) is 17.9 Å². The van der Waals surface area contributed by atoms with Gasteiger partial charge in [0.05, 0.1) is 27.1 Å². The van der Waals surface area contributed by atoms with Gasteiger partial charge in [0.15, 0.2) is 9.84 Å². The zero-order valence-corrected chi connectivity index (χ0v) is 20.8. The average Bonchev–Trinajstić information content (AvgIpc) is 2.83. The van der Waals surface area contributed by atoms with E-state index in [1.807, 2.05) is 11.9 Å². The van der Waals surface area contributed by atoms with Crippen molar-refractivity contribution < 1.29 is 21.6 Å². The van der Waals surface area contributed by atoms with Crippen molar-refractivity contribution in [2.24, 2.45) is 0 Å². The lowest BCUT2D eigenvalue weighted by atomic mass is 10.0. The molecule has 1 aromatic carbocycles. The van der Waals surface area contributed by atoms with Crippen molar-refractivity contribution in [1.29, 1.82) is 0 Å². The summed E-state index contributed by atoms with van der Waals surface area (Å²) in [6.45, 7) is 11.9. The summed E-state index contributed by atoms with van der Waals surface area (Å²) in [7, 11) is -1.96. The maximum atomic E-state index is 14.7. The molecule has 0 aliphatic carbocycles. The predicted molar refractivity (Wildman–Crippen MR) is 129 cm³/mol. The Kier molecular flexibility index (Phi) is 7.15. The third kappa shape index (κ3) is 4.85. The highest BCUT2D eigenvalue weighted by Crippen LogP contribution is 2.35. The third-order valence-electron chi connectivity index (χ3n) is 6.38. The summed E-state index contributed by atoms with van der Waals surface area (Å²) in [6, 6.07) is 4.30. The molecule has 0 radical (unpaired) electrons. The van der Waals surface area contributed by atoms with Crippen molar-refractivity contribution in [3.8, 4) is 0 Å². The Morgan fingerprint density at radius 3 is 2.47 bits per heavy atom. The third-order valence-corrected chi connectivity index (χ3v) is 8.64. The van der Waals surface area contributed by atoms with Gasteiger partial charge >= 0.3 is 0 Å². The number of rotatable bonds is 6. The Morgan fingerprint density at radius 1 is 1.17 bits per heavy atom. The van der Waals surface area contributed by atoms with Gasteiger partial charge in [0, 0.05) is 5.56 Å². The average molecular weight is 519 g/mol. The number of nitrogens with one attached hydrogen (secondary N) is 1. The number of fused-ring (bicyclic) bond motifs is 1. The number of aryl methyl sites for hydroxylation is 1. The van der Waals surface area contributed by atoms with Gasteiger partial charge in [-0.25, -0.2) is 26.6 Å². The van der Waals surface area contributed by atoms with Crippen LogP contribution >= 0.6 is 0 Å². The minimum Gasteiger partial charge on any atom is -0.363 e. The van der Waals surface area contributed by atoms with Gasteiger partial charge in [-0.05, 0) is 52.9 Å². The monoisotopic (exact) mass is 518 g/mol. The molecule has 0 bridgehead atoms. The van der Waals surface area contributed by atoms with Crippen LogP contribution in [0.15, 0.2) is 29.2 Å². The van der Waals surface area contributed by atoms with Crippen LogP contribution in [0.3, 0.4) is 0 Å². The first-order valence-corrected chi connectivity index (χ1v) is 12.9. The van der Waals surface area contributed by atoms with Crippen molar-refractivity contribution >= 4 is 32.5 Å². The van der Waals surface area contributed by atoms with Crippen molar-refractivity contribution in [3.05, 3.63) is 58.5 Å². The molecule has 0 unspecified atom stereocenters. The van der Waals surface area contributed by atoms with Crippen molar-refractivity contribution in [1.82, 2.24) is 19.9 Å². The van der Waals surface area contributed by atoms with Crippen LogP contribution in [-0.2, 0) is 9.84 Å². The van der Waals surface area contributed by atoms with Crippen molar-refractivity contribution in [2.45, 2.75) is 49.3 Å². The van der Waals surface area contributed by atoms with Gasteiger partial charge in [-0.15, -0.1) is 0 Å². The highest BCUT2D eigenvalue weighted by atomic mass is 32.2. The first-order chi connectivity index (χ1) is 17.0. The molecule has 2 aromatic heterocycles. The van der Waals surface area contributed by atoms with E-state index in [1.54, 1.807) is 13.8 Å². The SMILES string of the molecule is [C-]#[N+]c1nc2nc(C)nc(N[C@H](C)c3cccc(C(F)F)c3F)c2cc1S(=O)(=O)C1CCN(C)CC1. The summed E-state index contributed by atoms with van der Waals surface area (Å²) < 4.78 is 68.1. The standard InChI is InChI=1S/C24H25F3N6O2S/c1-13(16-6-5-7-17(20(16)25)21(26)27)29-22-18-12-19(24(28-3)32-23(18)31-14(2)30-22)36(34,35)15-8-10-33(4)11-9-15/h5-7,12-13,15,21H,8-11H2,1-2,4H3,(H,29,30,31,32)/t13-/m1/s1. The van der Waals surface area contributed by atoms with Crippen LogP contribution in [0.25, 0.3) is 15.9 Å². The van der Waals surface area contributed by atoms with Gasteiger partial charge in [-0.2, -0.15) is 4.98 Å². The van der Waals surface area contributed by atoms with E-state index < -0.39 is 38.9 Å². The number of likely N-dealkylation sites (tertiary alicyclic amines) is 1. The van der Waals surface area contributed by atoms with Crippen LogP contribution in [0.4, 0.5) is 24.8 Å². The normalized spacial score (nSPS) is 16.3. The second kappa shape index (κ2) is 9.99. The number of aromatic nitrogens is 3. The first-order valence-electron chi connectivity index (χ1n) is 11.3. The molecule has 3 aromatic rings. The molecule has 1 aliphatic heterocycles. The molecule has 12 heteroatoms. The van der Waals surface area contributed by atoms with Gasteiger partial charge < -0.3 is 15.1 Å². The molecule has 0 amide bonds. The molecule has 8 nitrogen and oxygen atoms in total. The van der Waals surface area contributed by atoms with Gasteiger partial charge in [-0.1, -0.05) is 29.8 Å². The zero-order chi connectivity index (χ0) is 26.2. The van der Waals surface area contributed by atoms with E-state index in [4.69, 9.17) is 6.57 Å². The molecule has 36 heavy (non-hydrogen) atoms. The Balaban J connectivity index is 1.80. The quantitative estimate of drug-likeness (QED) is 0.459. The summed E-state index contributed by atoms with van der Waals surface area (Å²) in [5.74, 6) is -0.847. The van der Waals surface area contributed by atoms with Crippen LogP contribution in [-0.4, -0.2) is 53.7 Å². The van der Waals surface area contributed by atoms with Gasteiger partial charge in [0.1, 0.15) is 17.5 Å². The fourth-order valence-corrected chi connectivity index (χ4v) is 6.18. The summed E-state index contributed by atoms with van der Waals surface area (Å²) in [5, 5.41) is 2.58. The molecular formula is C24H25F3N6O2S. The van der Waals surface area contributed by atoms with Crippen LogP contribution in [0.1, 0.15) is 49.2 Å². The van der Waals surface area contributed by atoms with Gasteiger partial charge in [-0.3, -0.25) is 0 Å². The molecule has 1 fully saturated rings. The molecule has 1 atom stereocenters. The number of hydrogen-bond acceptors (Lipinski definition) is 7. The van der Waals surface area contributed by atoms with Crippen LogP contribution in [0.5, 0.6) is 0 Å². The van der Waals surface area contributed by atoms with E-state index in [2.05, 4.69) is 25.1 Å². The summed E-state index contributed by atoms with van der Waals surface area (Å²) in [6.07, 6.45) is -2.11. The maximum absolute atomic E-state index is 14.7. The van der Waals surface area contributed by atoms with Crippen molar-refractivity contribution in [3.63, 3.8) is 0 Å². The van der Waals surface area contributed by atoms with Crippen LogP contribution < -0.4 is 5.32 Å². The lowest BCUT2D eigenvalue weighted by molar-refractivity contribution is 0.146. The Hall–Kier alpha value is -3.30. The Labute approximate surface area is 207 Å². The number of hydrogen-bond donors (Lipinski definition) is 1. The summed E-state index contributed by atoms with van der Waals surface area (Å²) >= 11 is 0. The first kappa shape index (κ1) is 25.8. The highest BCUT2D eigenvalue weighted by Gasteiger charge is 2.34. The summed E-state index contributed by atoms with van der Waals surface area (Å²) in [5.41, 5.74) is -0.603. The molecule has 4 rings (SSSR count). The number of halogens is 3. The number of alkyl halides is 2. The fraction of sp³-hybridized carbons (Fsp3) is 0.417. The van der Waals surface area contributed by atoms with E-state index in [-0.39, 0.29) is 39.0 Å². The Bertz CT molecular complexity index is 1450. The van der Waals surface area contributed by atoms with E-state index in [0.29, 0.717) is 25.9 Å². The second-order valence-corrected chi connectivity index (χ2v) is 11.1. The van der Waals surface area contributed by atoms with Crippen LogP contribution in [0, 0.1) is 19.3 Å². The maximum Gasteiger partial charge on any atom is 0.290 e. The number of sulfone groups is 1. The zero-order valence-electron chi connectivity index (χ0n) is 20.0. The van der Waals surface area contributed by atoms with Crippen LogP contribution in [0.2, 0.25) is 0 Å². The minimum atomic E-state index is -3.88. The smallest absolute Gasteiger partial charge is 0.290 e. The topological polar surface area (TPSA) is 92.4 Å². The largest absolute Gasteiger partial charge is 0.363 e. The molecule has 1 saturated heterocycles. The molecule has 1 N–H and O–H groups in total. The molecular weight excluding hydrogens is 493 g/mol. The highest BCUT2D eigenvalue weighted by molar-refractivity contribution is 7.92. The number of piperidine rings is 1. The van der Waals surface area contributed by atoms with Crippen molar-refractivity contribution in [2.75, 3.05) is 25.5 Å². The molecule has 3 heterocycles. The lowest BCUT2D eigenvalue weighted by Crippen LogP contribution is -2.37. The van der Waals surface area contributed by atoms with E-state index in [9.17, 15) is 21.6 Å². The number of anilines is 1. The molecule has 190 valence electrons. The Morgan fingerprint density at radius 2 is 1.83 bits per heavy atom. The van der Waals surface area contributed by atoms with E-state index in [1.165, 1.54) is 18.2 Å². The number of pyridine rings is 1. The lowest BCUT2D eigenvalue weighted by Gasteiger charge is -2.28. The minimum absolute atomic E-state index is 0.00197. The van der Waals surface area contributed by atoms with E-state index in [0.717, 1.165) is 6.07 Å². The van der Waals surface area contributed by atoms with Gasteiger partial charge in [0.2, 0.25) is 0 Å². The summed E-state index contributed by atoms with van der Waals surface area (Å²) in [4.78, 5) is 18.0. The number of nitrogens with zero attached hydrogens (tertiary/aromatic N) is 5. The predicted octanol–water partition coefficient (Wildman–Crippen LogP) is 5.00. The second-order valence-electron chi connectivity index (χ2n) is 8.88. The number of benzene rings is 1. The molecule has 0 spiro atoms. The molecule has 1 aliphatic rings. The fourth-order valence-electron chi connectivity index (χ4n) is 4.36. The van der Waals surface area contributed by atoms with E-state index >= 15 is 0 Å².